The topological polar surface area (TPSA) is 61.8 Å². The Labute approximate surface area is 152 Å². The van der Waals surface area contributed by atoms with Crippen molar-refractivity contribution < 1.29 is 76.0 Å². The van der Waals surface area contributed by atoms with E-state index in [2.05, 4.69) is 0 Å². The first kappa shape index (κ1) is 18.8. The molecule has 0 saturated carbocycles. The van der Waals surface area contributed by atoms with Gasteiger partial charge in [-0.05, 0) is 0 Å². The van der Waals surface area contributed by atoms with Crippen LogP contribution in [0, 0.1) is 5.41 Å². The van der Waals surface area contributed by atoms with E-state index in [0.717, 1.165) is 7.86 Å². The number of hydrogen-bond donors (Lipinski definition) is 0. The van der Waals surface area contributed by atoms with Gasteiger partial charge < -0.3 is 0 Å². The fourth-order valence-corrected chi connectivity index (χ4v) is 5.17. The van der Waals surface area contributed by atoms with E-state index in [0.29, 0.717) is 65.1 Å². The molecule has 1 heterocycles. The van der Waals surface area contributed by atoms with Gasteiger partial charge in [0.2, 0.25) is 0 Å². The van der Waals surface area contributed by atoms with Gasteiger partial charge in [-0.15, -0.1) is 0 Å². The second-order valence-corrected chi connectivity index (χ2v) is 9.38. The molecule has 2 atom stereocenters. The second-order valence-electron chi connectivity index (χ2n) is 4.89. The number of hydrogen-bond acceptors (Lipinski definition) is 5. The standard InChI is InChI=1S/C13H20O5.2Hg/c1-5-16-11(14)13(12(15)17-6-2)7-9(3)18-10(4)8-13;;/h9-10H,3-8H2,1-2H3;;. The SMILES string of the molecule is CCOC(=O)C1(C(=O)OCC)CC([CH2][Hg])OC([CH2][Hg])C1. The first-order valence-electron chi connectivity index (χ1n) is 7.12. The van der Waals surface area contributed by atoms with E-state index in [-0.39, 0.29) is 25.4 Å². The molecule has 0 spiro atoms. The van der Waals surface area contributed by atoms with Crippen molar-refractivity contribution >= 4 is 11.9 Å². The third-order valence-corrected chi connectivity index (χ3v) is 8.52. The molecule has 0 aromatic carbocycles. The summed E-state index contributed by atoms with van der Waals surface area (Å²) in [7, 11) is 0. The first-order chi connectivity index (χ1) is 9.53. The van der Waals surface area contributed by atoms with Crippen molar-refractivity contribution in [1.29, 1.82) is 0 Å². The van der Waals surface area contributed by atoms with E-state index in [1.807, 2.05) is 0 Å². The molecule has 0 amide bonds. The quantitative estimate of drug-likeness (QED) is 0.247. The van der Waals surface area contributed by atoms with Crippen LogP contribution in [0.4, 0.5) is 0 Å². The van der Waals surface area contributed by atoms with Crippen molar-refractivity contribution in [3.63, 3.8) is 0 Å². The monoisotopic (exact) mass is 660 g/mol. The second kappa shape index (κ2) is 9.03. The maximum absolute atomic E-state index is 12.4. The Hall–Kier alpha value is 0.770. The zero-order chi connectivity index (χ0) is 15.2. The molecule has 2 unspecified atom stereocenters. The molecule has 0 aromatic heterocycles. The fraction of sp³-hybridized carbons (Fsp3) is 0.846. The summed E-state index contributed by atoms with van der Waals surface area (Å²) in [4.78, 5) is 24.8. The summed E-state index contributed by atoms with van der Waals surface area (Å²) in [6.45, 7) is 4.09. The fourth-order valence-electron chi connectivity index (χ4n) is 2.52. The van der Waals surface area contributed by atoms with E-state index in [1.54, 1.807) is 13.8 Å². The molecule has 20 heavy (non-hydrogen) atoms. The van der Waals surface area contributed by atoms with Crippen molar-refractivity contribution in [2.75, 3.05) is 13.2 Å². The van der Waals surface area contributed by atoms with Crippen molar-refractivity contribution in [3.05, 3.63) is 0 Å². The number of esters is 2. The van der Waals surface area contributed by atoms with Crippen LogP contribution in [0.2, 0.25) is 7.86 Å². The van der Waals surface area contributed by atoms with Crippen molar-refractivity contribution in [3.8, 4) is 0 Å². The molecule has 1 aliphatic heterocycles. The van der Waals surface area contributed by atoms with Crippen LogP contribution in [0.1, 0.15) is 26.7 Å². The number of rotatable bonds is 6. The predicted octanol–water partition coefficient (Wildman–Crippen LogP) is 1.58. The predicted molar refractivity (Wildman–Crippen MR) is 63.2 cm³/mol. The van der Waals surface area contributed by atoms with Gasteiger partial charge in [0.15, 0.2) is 0 Å². The van der Waals surface area contributed by atoms with Crippen LogP contribution >= 0.6 is 0 Å². The molecule has 1 fully saturated rings. The summed E-state index contributed by atoms with van der Waals surface area (Å²) in [6.07, 6.45) is 0.848. The molecule has 0 bridgehead atoms. The summed E-state index contributed by atoms with van der Waals surface area (Å²) in [5.41, 5.74) is -1.14. The van der Waals surface area contributed by atoms with Gasteiger partial charge in [0.05, 0.1) is 0 Å². The zero-order valence-corrected chi connectivity index (χ0v) is 23.3. The Morgan fingerprint density at radius 1 is 1.05 bits per heavy atom. The third kappa shape index (κ3) is 4.38. The Morgan fingerprint density at radius 2 is 1.45 bits per heavy atom. The van der Waals surface area contributed by atoms with Crippen LogP contribution in [0.5, 0.6) is 0 Å². The molecule has 1 aliphatic rings. The Bertz CT molecular complexity index is 316. The molecule has 7 heteroatoms. The van der Waals surface area contributed by atoms with E-state index in [1.165, 1.54) is 0 Å². The van der Waals surface area contributed by atoms with Gasteiger partial charge in [-0.3, -0.25) is 0 Å². The van der Waals surface area contributed by atoms with Crippen LogP contribution in [0.3, 0.4) is 0 Å². The molecule has 0 aromatic rings. The molecule has 1 saturated heterocycles. The summed E-state index contributed by atoms with van der Waals surface area (Å²) in [5, 5.41) is 0. The van der Waals surface area contributed by atoms with Gasteiger partial charge in [-0.2, -0.15) is 0 Å². The molecule has 5 nitrogen and oxygen atoms in total. The average molecular weight is 657 g/mol. The van der Waals surface area contributed by atoms with Gasteiger partial charge >= 0.3 is 153 Å². The Kier molecular flexibility index (Phi) is 8.50. The number of carbonyl (C=O) groups excluding carboxylic acids is 2. The summed E-state index contributed by atoms with van der Waals surface area (Å²) in [6, 6.07) is 0. The summed E-state index contributed by atoms with van der Waals surface area (Å²) < 4.78 is 18.3. The maximum atomic E-state index is 12.4. The van der Waals surface area contributed by atoms with Crippen LogP contribution < -0.4 is 0 Å². The van der Waals surface area contributed by atoms with Gasteiger partial charge in [-0.1, -0.05) is 0 Å². The number of ether oxygens (including phenoxy) is 3. The van der Waals surface area contributed by atoms with Gasteiger partial charge in [0.1, 0.15) is 0 Å². The van der Waals surface area contributed by atoms with Crippen molar-refractivity contribution in [2.45, 2.75) is 46.8 Å². The van der Waals surface area contributed by atoms with Crippen molar-refractivity contribution in [2.24, 2.45) is 5.41 Å². The normalized spacial score (nSPS) is 25.1. The Balaban J connectivity index is 3.07. The minimum absolute atomic E-state index is 0.00875. The van der Waals surface area contributed by atoms with E-state index in [9.17, 15) is 9.59 Å². The van der Waals surface area contributed by atoms with E-state index >= 15 is 0 Å². The molecular weight excluding hydrogens is 637 g/mol. The zero-order valence-electron chi connectivity index (χ0n) is 12.4. The van der Waals surface area contributed by atoms with Gasteiger partial charge in [0, 0.05) is 0 Å². The number of carbonyl (C=O) groups is 2. The van der Waals surface area contributed by atoms with E-state index in [4.69, 9.17) is 14.2 Å². The van der Waals surface area contributed by atoms with Crippen LogP contribution in [0.25, 0.3) is 0 Å². The molecule has 0 radical (unpaired) electrons. The molecule has 0 N–H and O–H groups in total. The van der Waals surface area contributed by atoms with Crippen LogP contribution in [-0.4, -0.2) is 37.4 Å². The minimum atomic E-state index is -1.14. The molecule has 1 rings (SSSR count). The van der Waals surface area contributed by atoms with E-state index < -0.39 is 17.4 Å². The summed E-state index contributed by atoms with van der Waals surface area (Å²) in [5.74, 6) is -0.861. The Morgan fingerprint density at radius 3 is 1.75 bits per heavy atom. The van der Waals surface area contributed by atoms with Crippen molar-refractivity contribution in [1.82, 2.24) is 0 Å². The third-order valence-electron chi connectivity index (χ3n) is 3.51. The average Bonchev–Trinajstić information content (AvgIpc) is 2.46. The van der Waals surface area contributed by atoms with Gasteiger partial charge in [-0.25, -0.2) is 0 Å². The van der Waals surface area contributed by atoms with Crippen LogP contribution in [-0.2, 0) is 76.0 Å². The van der Waals surface area contributed by atoms with Crippen LogP contribution in [0.15, 0.2) is 0 Å². The summed E-state index contributed by atoms with van der Waals surface area (Å²) >= 11 is 1.16. The molecule has 106 valence electrons. The molecule has 0 aliphatic carbocycles. The molecular formula is C13H20Hg2O5. The van der Waals surface area contributed by atoms with Gasteiger partial charge in [0.25, 0.3) is 0 Å². The first-order valence-corrected chi connectivity index (χ1v) is 14.9.